The number of urea groups is 1. The number of hydrogen-bond acceptors (Lipinski definition) is 3. The first-order valence-corrected chi connectivity index (χ1v) is 8.41. The Hall–Kier alpha value is -3.30. The Bertz CT molecular complexity index is 1020. The van der Waals surface area contributed by atoms with E-state index in [1.54, 1.807) is 36.8 Å². The molecule has 0 aliphatic carbocycles. The first kappa shape index (κ1) is 16.2. The lowest BCUT2D eigenvalue weighted by molar-refractivity contribution is 0.251. The minimum absolute atomic E-state index is 0.108. The fourth-order valence-electron chi connectivity index (χ4n) is 3.19. The van der Waals surface area contributed by atoms with Crippen LogP contribution in [0, 0.1) is 11.3 Å². The number of nitriles is 1. The number of anilines is 1. The summed E-state index contributed by atoms with van der Waals surface area (Å²) in [5.41, 5.74) is 4.18. The van der Waals surface area contributed by atoms with E-state index in [9.17, 15) is 4.79 Å². The molecule has 0 saturated carbocycles. The van der Waals surface area contributed by atoms with Crippen molar-refractivity contribution >= 4 is 23.3 Å². The summed E-state index contributed by atoms with van der Waals surface area (Å²) in [6.07, 6.45) is 3.54. The Kier molecular flexibility index (Phi) is 4.07. The minimum Gasteiger partial charge on any atom is -0.335 e. The zero-order chi connectivity index (χ0) is 18.1. The lowest BCUT2D eigenvalue weighted by atomic mass is 10.0. The van der Waals surface area contributed by atoms with Gasteiger partial charge >= 0.3 is 6.03 Å². The first-order valence-electron chi connectivity index (χ1n) is 8.03. The molecule has 1 atom stereocenters. The van der Waals surface area contributed by atoms with Gasteiger partial charge in [0.1, 0.15) is 0 Å². The smallest absolute Gasteiger partial charge is 0.319 e. The van der Waals surface area contributed by atoms with E-state index in [-0.39, 0.29) is 12.1 Å². The second kappa shape index (κ2) is 6.54. The number of fused-ring (bicyclic) bond motifs is 3. The van der Waals surface area contributed by atoms with Gasteiger partial charge < -0.3 is 15.2 Å². The first-order chi connectivity index (χ1) is 12.7. The maximum atomic E-state index is 12.2. The summed E-state index contributed by atoms with van der Waals surface area (Å²) < 4.78 is 2.01. The van der Waals surface area contributed by atoms with Crippen LogP contribution in [-0.4, -0.2) is 22.1 Å². The van der Waals surface area contributed by atoms with Crippen LogP contribution in [0.1, 0.15) is 17.2 Å². The van der Waals surface area contributed by atoms with Gasteiger partial charge in [-0.2, -0.15) is 5.26 Å². The van der Waals surface area contributed by atoms with E-state index in [1.807, 2.05) is 28.8 Å². The van der Waals surface area contributed by atoms with E-state index in [2.05, 4.69) is 15.6 Å². The molecule has 0 radical (unpaired) electrons. The van der Waals surface area contributed by atoms with Crippen LogP contribution in [0.4, 0.5) is 10.5 Å². The molecule has 128 valence electrons. The Morgan fingerprint density at radius 2 is 2.08 bits per heavy atom. The van der Waals surface area contributed by atoms with Crippen molar-refractivity contribution in [2.75, 3.05) is 11.9 Å². The van der Waals surface area contributed by atoms with E-state index in [4.69, 9.17) is 16.9 Å². The number of nitrogens with zero attached hydrogens (tertiary/aromatic N) is 3. The van der Waals surface area contributed by atoms with Gasteiger partial charge in [0.2, 0.25) is 0 Å². The van der Waals surface area contributed by atoms with Gasteiger partial charge in [-0.1, -0.05) is 23.7 Å². The fourth-order valence-corrected chi connectivity index (χ4v) is 3.49. The van der Waals surface area contributed by atoms with Crippen molar-refractivity contribution in [2.45, 2.75) is 6.04 Å². The Morgan fingerprint density at radius 3 is 2.85 bits per heavy atom. The monoisotopic (exact) mass is 363 g/mol. The number of halogens is 1. The summed E-state index contributed by atoms with van der Waals surface area (Å²) in [6, 6.07) is 14.1. The van der Waals surface area contributed by atoms with Gasteiger partial charge in [-0.05, 0) is 30.3 Å². The average molecular weight is 364 g/mol. The minimum atomic E-state index is -0.322. The van der Waals surface area contributed by atoms with Gasteiger partial charge in [0.05, 0.1) is 35.9 Å². The van der Waals surface area contributed by atoms with Gasteiger partial charge in [0, 0.05) is 28.4 Å². The molecule has 1 aliphatic rings. The van der Waals surface area contributed by atoms with Crippen LogP contribution in [-0.2, 0) is 0 Å². The number of rotatable bonds is 3. The third-order valence-corrected chi connectivity index (χ3v) is 4.72. The summed E-state index contributed by atoms with van der Waals surface area (Å²) in [5, 5.41) is 15.1. The molecule has 6 nitrogen and oxygen atoms in total. The molecule has 3 aromatic rings. The maximum absolute atomic E-state index is 12.2. The topological polar surface area (TPSA) is 82.7 Å². The molecule has 2 heterocycles. The molecular formula is C19H14ClN5O. The highest BCUT2D eigenvalue weighted by Gasteiger charge is 2.30. The average Bonchev–Trinajstić information content (AvgIpc) is 3.23. The quantitative estimate of drug-likeness (QED) is 0.742. The van der Waals surface area contributed by atoms with Crippen LogP contribution in [0.5, 0.6) is 0 Å². The summed E-state index contributed by atoms with van der Waals surface area (Å²) in [6.45, 7) is 0.377. The zero-order valence-electron chi connectivity index (χ0n) is 13.6. The maximum Gasteiger partial charge on any atom is 0.319 e. The number of amides is 2. The lowest BCUT2D eigenvalue weighted by Crippen LogP contribution is -2.33. The molecular weight excluding hydrogens is 350 g/mol. The molecule has 1 unspecified atom stereocenters. The molecule has 4 rings (SSSR count). The molecule has 0 bridgehead atoms. The van der Waals surface area contributed by atoms with Gasteiger partial charge in [0.25, 0.3) is 0 Å². The van der Waals surface area contributed by atoms with Crippen molar-refractivity contribution in [1.82, 2.24) is 14.9 Å². The Balaban J connectivity index is 1.48. The lowest BCUT2D eigenvalue weighted by Gasteiger charge is -2.17. The molecule has 1 aromatic heterocycles. The van der Waals surface area contributed by atoms with E-state index < -0.39 is 0 Å². The molecule has 0 spiro atoms. The van der Waals surface area contributed by atoms with Crippen LogP contribution < -0.4 is 10.6 Å². The van der Waals surface area contributed by atoms with Gasteiger partial charge in [-0.15, -0.1) is 0 Å². The molecule has 1 aliphatic heterocycles. The number of benzene rings is 2. The molecule has 0 fully saturated rings. The van der Waals surface area contributed by atoms with Crippen molar-refractivity contribution < 1.29 is 4.79 Å². The van der Waals surface area contributed by atoms with Crippen molar-refractivity contribution in [2.24, 2.45) is 0 Å². The SMILES string of the molecule is N#Cc1ccc(NC(=O)NCC2c3c(Cl)cccc3-c3cncn32)cc1. The van der Waals surface area contributed by atoms with Gasteiger partial charge in [-0.3, -0.25) is 0 Å². The van der Waals surface area contributed by atoms with Crippen molar-refractivity contribution in [3.8, 4) is 17.3 Å². The predicted octanol–water partition coefficient (Wildman–Crippen LogP) is 3.80. The van der Waals surface area contributed by atoms with E-state index in [1.165, 1.54) is 0 Å². The number of imidazole rings is 1. The van der Waals surface area contributed by atoms with Gasteiger partial charge in [0.15, 0.2) is 0 Å². The third kappa shape index (κ3) is 2.79. The normalized spacial score (nSPS) is 14.2. The number of nitrogens with one attached hydrogen (secondary N) is 2. The predicted molar refractivity (Wildman–Crippen MR) is 99.0 cm³/mol. The summed E-state index contributed by atoms with van der Waals surface area (Å²) in [7, 11) is 0. The standard InChI is InChI=1S/C19H14ClN5O/c20-15-3-1-2-14-16-9-22-11-25(16)17(18(14)15)10-23-19(26)24-13-6-4-12(8-21)5-7-13/h1-7,9,11,17H,10H2,(H2,23,24,26). The molecule has 2 aromatic carbocycles. The fraction of sp³-hybridized carbons (Fsp3) is 0.105. The number of aromatic nitrogens is 2. The molecule has 0 saturated heterocycles. The second-order valence-corrected chi connectivity index (χ2v) is 6.33. The van der Waals surface area contributed by atoms with E-state index >= 15 is 0 Å². The van der Waals surface area contributed by atoms with Crippen molar-refractivity contribution in [1.29, 1.82) is 5.26 Å². The van der Waals surface area contributed by atoms with E-state index in [0.29, 0.717) is 22.8 Å². The third-order valence-electron chi connectivity index (χ3n) is 4.39. The van der Waals surface area contributed by atoms with Crippen LogP contribution in [0.2, 0.25) is 5.02 Å². The highest BCUT2D eigenvalue weighted by molar-refractivity contribution is 6.32. The molecule has 7 heteroatoms. The summed E-state index contributed by atoms with van der Waals surface area (Å²) in [4.78, 5) is 16.4. The second-order valence-electron chi connectivity index (χ2n) is 5.93. The van der Waals surface area contributed by atoms with Crippen LogP contribution >= 0.6 is 11.6 Å². The Labute approximate surface area is 155 Å². The van der Waals surface area contributed by atoms with Crippen LogP contribution in [0.3, 0.4) is 0 Å². The Morgan fingerprint density at radius 1 is 1.27 bits per heavy atom. The summed E-state index contributed by atoms with van der Waals surface area (Å²) >= 11 is 6.40. The van der Waals surface area contributed by atoms with Crippen molar-refractivity contribution in [3.63, 3.8) is 0 Å². The van der Waals surface area contributed by atoms with Crippen LogP contribution in [0.15, 0.2) is 55.0 Å². The van der Waals surface area contributed by atoms with E-state index in [0.717, 1.165) is 16.8 Å². The molecule has 26 heavy (non-hydrogen) atoms. The largest absolute Gasteiger partial charge is 0.335 e. The highest BCUT2D eigenvalue weighted by atomic mass is 35.5. The highest BCUT2D eigenvalue weighted by Crippen LogP contribution is 2.42. The van der Waals surface area contributed by atoms with Crippen molar-refractivity contribution in [3.05, 3.63) is 71.1 Å². The summed E-state index contributed by atoms with van der Waals surface area (Å²) in [5.74, 6) is 0. The number of hydrogen-bond donors (Lipinski definition) is 2. The van der Waals surface area contributed by atoms with Crippen LogP contribution in [0.25, 0.3) is 11.3 Å². The number of carbonyl (C=O) groups is 1. The van der Waals surface area contributed by atoms with Gasteiger partial charge in [-0.25, -0.2) is 9.78 Å². The molecule has 2 amide bonds. The molecule has 2 N–H and O–H groups in total. The zero-order valence-corrected chi connectivity index (χ0v) is 14.4. The number of carbonyl (C=O) groups excluding carboxylic acids is 1.